The number of ether oxygens (including phenoxy) is 2. The molecule has 0 aliphatic rings. The van der Waals surface area contributed by atoms with Crippen LogP contribution in [-0.2, 0) is 0 Å². The fourth-order valence-corrected chi connectivity index (χ4v) is 1.54. The highest BCUT2D eigenvalue weighted by Gasteiger charge is 2.26. The molecule has 0 radical (unpaired) electrons. The highest BCUT2D eigenvalue weighted by atomic mass is 16.5. The SMILES string of the molecule is COc1cccc(OC)c1C(=O)C(O)C(C)C. The lowest BCUT2D eigenvalue weighted by atomic mass is 9.96. The van der Waals surface area contributed by atoms with E-state index < -0.39 is 6.10 Å². The van der Waals surface area contributed by atoms with E-state index in [-0.39, 0.29) is 11.7 Å². The van der Waals surface area contributed by atoms with Gasteiger partial charge in [-0.15, -0.1) is 0 Å². The summed E-state index contributed by atoms with van der Waals surface area (Å²) < 4.78 is 10.3. The Morgan fingerprint density at radius 1 is 1.18 bits per heavy atom. The number of benzene rings is 1. The van der Waals surface area contributed by atoms with Crippen LogP contribution >= 0.6 is 0 Å². The van der Waals surface area contributed by atoms with Crippen molar-refractivity contribution in [2.75, 3.05) is 14.2 Å². The molecule has 0 amide bonds. The van der Waals surface area contributed by atoms with Crippen LogP contribution in [0.25, 0.3) is 0 Å². The first-order valence-corrected chi connectivity index (χ1v) is 5.46. The summed E-state index contributed by atoms with van der Waals surface area (Å²) in [5.74, 6) is 0.287. The highest BCUT2D eigenvalue weighted by Crippen LogP contribution is 2.30. The minimum atomic E-state index is -1.06. The molecule has 0 aliphatic heterocycles. The third kappa shape index (κ3) is 2.77. The van der Waals surface area contributed by atoms with Crippen LogP contribution in [0.1, 0.15) is 24.2 Å². The zero-order valence-electron chi connectivity index (χ0n) is 10.6. The van der Waals surface area contributed by atoms with E-state index in [2.05, 4.69) is 0 Å². The molecule has 1 rings (SSSR count). The first kappa shape index (κ1) is 13.5. The molecule has 1 atom stereocenters. The number of carbonyl (C=O) groups is 1. The summed E-state index contributed by atoms with van der Waals surface area (Å²) in [5, 5.41) is 9.83. The molecule has 0 saturated heterocycles. The average Bonchev–Trinajstić information content (AvgIpc) is 2.35. The Morgan fingerprint density at radius 2 is 1.65 bits per heavy atom. The van der Waals surface area contributed by atoms with Gasteiger partial charge in [-0.1, -0.05) is 19.9 Å². The quantitative estimate of drug-likeness (QED) is 0.796. The summed E-state index contributed by atoms with van der Waals surface area (Å²) >= 11 is 0. The Bertz CT molecular complexity index is 376. The van der Waals surface area contributed by atoms with Gasteiger partial charge in [-0.2, -0.15) is 0 Å². The number of rotatable bonds is 5. The van der Waals surface area contributed by atoms with E-state index in [0.29, 0.717) is 17.1 Å². The Balaban J connectivity index is 3.23. The third-order valence-corrected chi connectivity index (χ3v) is 2.57. The smallest absolute Gasteiger partial charge is 0.198 e. The average molecular weight is 238 g/mol. The molecule has 0 heterocycles. The van der Waals surface area contributed by atoms with Crippen molar-refractivity contribution in [3.63, 3.8) is 0 Å². The molecule has 4 nitrogen and oxygen atoms in total. The second-order valence-corrected chi connectivity index (χ2v) is 4.09. The largest absolute Gasteiger partial charge is 0.496 e. The predicted molar refractivity (Wildman–Crippen MR) is 64.7 cm³/mol. The molecule has 1 aromatic carbocycles. The summed E-state index contributed by atoms with van der Waals surface area (Å²) in [6, 6.07) is 5.07. The van der Waals surface area contributed by atoms with Gasteiger partial charge in [0.2, 0.25) is 0 Å². The first-order chi connectivity index (χ1) is 8.02. The summed E-state index contributed by atoms with van der Waals surface area (Å²) in [6.45, 7) is 3.56. The van der Waals surface area contributed by atoms with Crippen molar-refractivity contribution in [1.29, 1.82) is 0 Å². The van der Waals surface area contributed by atoms with Crippen molar-refractivity contribution < 1.29 is 19.4 Å². The fourth-order valence-electron chi connectivity index (χ4n) is 1.54. The number of aliphatic hydroxyl groups excluding tert-OH is 1. The van der Waals surface area contributed by atoms with E-state index in [1.54, 1.807) is 32.0 Å². The lowest BCUT2D eigenvalue weighted by Gasteiger charge is -2.17. The van der Waals surface area contributed by atoms with Crippen molar-refractivity contribution in [1.82, 2.24) is 0 Å². The molecule has 0 aromatic heterocycles. The maximum absolute atomic E-state index is 12.1. The predicted octanol–water partition coefficient (Wildman–Crippen LogP) is 1.90. The number of hydrogen-bond donors (Lipinski definition) is 1. The summed E-state index contributed by atoms with van der Waals surface area (Å²) in [7, 11) is 2.96. The van der Waals surface area contributed by atoms with Crippen LogP contribution in [0.15, 0.2) is 18.2 Å². The van der Waals surface area contributed by atoms with Crippen LogP contribution in [0.3, 0.4) is 0 Å². The summed E-state index contributed by atoms with van der Waals surface area (Å²) in [4.78, 5) is 12.1. The van der Waals surface area contributed by atoms with Gasteiger partial charge in [-0.05, 0) is 18.1 Å². The van der Waals surface area contributed by atoms with Crippen molar-refractivity contribution >= 4 is 5.78 Å². The number of carbonyl (C=O) groups excluding carboxylic acids is 1. The molecule has 0 aliphatic carbocycles. The fraction of sp³-hybridized carbons (Fsp3) is 0.462. The maximum atomic E-state index is 12.1. The van der Waals surface area contributed by atoms with E-state index in [4.69, 9.17) is 9.47 Å². The van der Waals surface area contributed by atoms with Crippen LogP contribution in [-0.4, -0.2) is 31.2 Å². The van der Waals surface area contributed by atoms with E-state index in [1.165, 1.54) is 14.2 Å². The number of ketones is 1. The Labute approximate surface area is 101 Å². The Kier molecular flexibility index (Phi) is 4.52. The molecule has 1 aromatic rings. The molecular formula is C13H18O4. The molecule has 0 bridgehead atoms. The highest BCUT2D eigenvalue weighted by molar-refractivity contribution is 6.04. The van der Waals surface area contributed by atoms with Gasteiger partial charge >= 0.3 is 0 Å². The zero-order valence-corrected chi connectivity index (χ0v) is 10.6. The van der Waals surface area contributed by atoms with Crippen molar-refractivity contribution in [2.24, 2.45) is 5.92 Å². The monoisotopic (exact) mass is 238 g/mol. The van der Waals surface area contributed by atoms with Crippen LogP contribution in [0.5, 0.6) is 11.5 Å². The van der Waals surface area contributed by atoms with E-state index >= 15 is 0 Å². The normalized spacial score (nSPS) is 12.4. The van der Waals surface area contributed by atoms with E-state index in [0.717, 1.165) is 0 Å². The number of methoxy groups -OCH3 is 2. The standard InChI is InChI=1S/C13H18O4/c1-8(2)12(14)13(15)11-9(16-3)6-5-7-10(11)17-4/h5-8,12,14H,1-4H3. The van der Waals surface area contributed by atoms with Gasteiger partial charge in [0.05, 0.1) is 14.2 Å². The van der Waals surface area contributed by atoms with Crippen molar-refractivity contribution in [3.05, 3.63) is 23.8 Å². The Hall–Kier alpha value is -1.55. The molecule has 0 spiro atoms. The lowest BCUT2D eigenvalue weighted by molar-refractivity contribution is 0.0641. The molecule has 4 heteroatoms. The number of hydrogen-bond acceptors (Lipinski definition) is 4. The molecular weight excluding hydrogens is 220 g/mol. The van der Waals surface area contributed by atoms with Crippen LogP contribution in [0.2, 0.25) is 0 Å². The molecule has 1 unspecified atom stereocenters. The van der Waals surface area contributed by atoms with Gasteiger partial charge in [0.1, 0.15) is 23.2 Å². The van der Waals surface area contributed by atoms with Crippen LogP contribution < -0.4 is 9.47 Å². The van der Waals surface area contributed by atoms with Gasteiger partial charge in [0, 0.05) is 0 Å². The second kappa shape index (κ2) is 5.68. The van der Waals surface area contributed by atoms with Gasteiger partial charge in [-0.3, -0.25) is 4.79 Å². The van der Waals surface area contributed by atoms with Crippen molar-refractivity contribution in [2.45, 2.75) is 20.0 Å². The zero-order chi connectivity index (χ0) is 13.0. The first-order valence-electron chi connectivity index (χ1n) is 5.46. The molecule has 94 valence electrons. The minimum absolute atomic E-state index is 0.155. The summed E-state index contributed by atoms with van der Waals surface area (Å²) in [6.07, 6.45) is -1.06. The van der Waals surface area contributed by atoms with Gasteiger partial charge < -0.3 is 14.6 Å². The third-order valence-electron chi connectivity index (χ3n) is 2.57. The maximum Gasteiger partial charge on any atom is 0.198 e. The van der Waals surface area contributed by atoms with Crippen molar-refractivity contribution in [3.8, 4) is 11.5 Å². The van der Waals surface area contributed by atoms with Crippen LogP contribution in [0, 0.1) is 5.92 Å². The molecule has 17 heavy (non-hydrogen) atoms. The van der Waals surface area contributed by atoms with Crippen LogP contribution in [0.4, 0.5) is 0 Å². The second-order valence-electron chi connectivity index (χ2n) is 4.09. The van der Waals surface area contributed by atoms with Gasteiger partial charge in [0.25, 0.3) is 0 Å². The molecule has 1 N–H and O–H groups in total. The molecule has 0 fully saturated rings. The van der Waals surface area contributed by atoms with Gasteiger partial charge in [-0.25, -0.2) is 0 Å². The molecule has 0 saturated carbocycles. The Morgan fingerprint density at radius 3 is 2.00 bits per heavy atom. The summed E-state index contributed by atoms with van der Waals surface area (Å²) in [5.41, 5.74) is 0.290. The lowest BCUT2D eigenvalue weighted by Crippen LogP contribution is -2.27. The number of Topliss-reactive ketones (excluding diaryl/α,β-unsaturated/α-hetero) is 1. The van der Waals surface area contributed by atoms with E-state index in [1.807, 2.05) is 0 Å². The van der Waals surface area contributed by atoms with E-state index in [9.17, 15) is 9.90 Å². The number of aliphatic hydroxyl groups is 1. The topological polar surface area (TPSA) is 55.8 Å². The minimum Gasteiger partial charge on any atom is -0.496 e. The van der Waals surface area contributed by atoms with Gasteiger partial charge in [0.15, 0.2) is 5.78 Å².